The molecule has 0 spiro atoms. The SMILES string of the molecule is CCOc1cc(/C=C2\C(=O)NC(=S)N(c3cccc(Cl)c3C)C2=O)cc(Br)c1O. The molecule has 0 aromatic heterocycles. The van der Waals surface area contributed by atoms with E-state index in [1.807, 2.05) is 0 Å². The van der Waals surface area contributed by atoms with Crippen molar-refractivity contribution in [3.8, 4) is 11.5 Å². The summed E-state index contributed by atoms with van der Waals surface area (Å²) in [6.07, 6.45) is 1.42. The van der Waals surface area contributed by atoms with Crippen LogP contribution in [0.25, 0.3) is 6.08 Å². The van der Waals surface area contributed by atoms with Gasteiger partial charge in [-0.3, -0.25) is 19.8 Å². The van der Waals surface area contributed by atoms with Gasteiger partial charge in [0.05, 0.1) is 16.8 Å². The molecule has 0 radical (unpaired) electrons. The lowest BCUT2D eigenvalue weighted by molar-refractivity contribution is -0.122. The van der Waals surface area contributed by atoms with Crippen LogP contribution < -0.4 is 15.0 Å². The number of rotatable bonds is 4. The van der Waals surface area contributed by atoms with E-state index < -0.39 is 11.8 Å². The third-order valence-electron chi connectivity index (χ3n) is 4.24. The van der Waals surface area contributed by atoms with E-state index in [0.29, 0.717) is 32.9 Å². The standard InChI is InChI=1S/C20H16BrClN2O4S/c1-3-28-16-9-11(8-13(21)17(16)25)7-12-18(26)23-20(29)24(19(12)27)15-6-4-5-14(22)10(15)2/h4-9,25H,3H2,1-2H3,(H,23,26,29)/b12-7+. The summed E-state index contributed by atoms with van der Waals surface area (Å²) in [5.74, 6) is -1.02. The van der Waals surface area contributed by atoms with Crippen LogP contribution in [-0.2, 0) is 9.59 Å². The van der Waals surface area contributed by atoms with Crippen molar-refractivity contribution in [2.45, 2.75) is 13.8 Å². The van der Waals surface area contributed by atoms with Gasteiger partial charge in [0.25, 0.3) is 11.8 Å². The zero-order valence-corrected chi connectivity index (χ0v) is 18.6. The molecule has 2 aromatic carbocycles. The third kappa shape index (κ3) is 4.14. The van der Waals surface area contributed by atoms with Crippen LogP contribution in [0.3, 0.4) is 0 Å². The van der Waals surface area contributed by atoms with Gasteiger partial charge >= 0.3 is 0 Å². The molecule has 1 aliphatic heterocycles. The number of carbonyl (C=O) groups excluding carboxylic acids is 2. The van der Waals surface area contributed by atoms with E-state index in [0.717, 1.165) is 0 Å². The van der Waals surface area contributed by atoms with Gasteiger partial charge in [0, 0.05) is 5.02 Å². The van der Waals surface area contributed by atoms with E-state index in [9.17, 15) is 14.7 Å². The number of carbonyl (C=O) groups is 2. The molecule has 0 atom stereocenters. The number of anilines is 1. The van der Waals surface area contributed by atoms with Crippen molar-refractivity contribution in [1.29, 1.82) is 0 Å². The lowest BCUT2D eigenvalue weighted by Gasteiger charge is -2.30. The number of thiocarbonyl (C=S) groups is 1. The molecule has 1 heterocycles. The smallest absolute Gasteiger partial charge is 0.270 e. The van der Waals surface area contributed by atoms with Crippen molar-refractivity contribution in [2.75, 3.05) is 11.5 Å². The van der Waals surface area contributed by atoms with Crippen LogP contribution in [0.4, 0.5) is 5.69 Å². The summed E-state index contributed by atoms with van der Waals surface area (Å²) < 4.78 is 5.77. The maximum absolute atomic E-state index is 13.2. The Morgan fingerprint density at radius 2 is 2.07 bits per heavy atom. The van der Waals surface area contributed by atoms with Crippen LogP contribution >= 0.6 is 39.7 Å². The van der Waals surface area contributed by atoms with Crippen molar-refractivity contribution in [2.24, 2.45) is 0 Å². The normalized spacial score (nSPS) is 15.7. The zero-order valence-electron chi connectivity index (χ0n) is 15.5. The van der Waals surface area contributed by atoms with Crippen molar-refractivity contribution >= 4 is 68.4 Å². The number of amides is 2. The van der Waals surface area contributed by atoms with Gasteiger partial charge in [0.1, 0.15) is 5.57 Å². The van der Waals surface area contributed by atoms with Crippen molar-refractivity contribution in [3.63, 3.8) is 0 Å². The summed E-state index contributed by atoms with van der Waals surface area (Å²) >= 11 is 14.6. The minimum Gasteiger partial charge on any atom is -0.503 e. The third-order valence-corrected chi connectivity index (χ3v) is 5.54. The molecule has 1 aliphatic rings. The van der Waals surface area contributed by atoms with Crippen LogP contribution in [0, 0.1) is 6.92 Å². The zero-order chi connectivity index (χ0) is 21.3. The number of nitrogens with one attached hydrogen (secondary N) is 1. The van der Waals surface area contributed by atoms with Gasteiger partial charge in [-0.25, -0.2) is 0 Å². The highest BCUT2D eigenvalue weighted by molar-refractivity contribution is 9.10. The topological polar surface area (TPSA) is 78.9 Å². The van der Waals surface area contributed by atoms with Gasteiger partial charge in [0.15, 0.2) is 16.6 Å². The first-order chi connectivity index (χ1) is 13.7. The quantitative estimate of drug-likeness (QED) is 0.375. The summed E-state index contributed by atoms with van der Waals surface area (Å²) in [7, 11) is 0. The molecular weight excluding hydrogens is 480 g/mol. The van der Waals surface area contributed by atoms with Crippen LogP contribution in [0.1, 0.15) is 18.1 Å². The number of hydrogen-bond acceptors (Lipinski definition) is 5. The predicted molar refractivity (Wildman–Crippen MR) is 119 cm³/mol. The average Bonchev–Trinajstić information content (AvgIpc) is 2.66. The molecule has 9 heteroatoms. The Labute approximate surface area is 186 Å². The molecule has 0 unspecified atom stereocenters. The molecule has 0 saturated carbocycles. The second kappa shape index (κ2) is 8.52. The summed E-state index contributed by atoms with van der Waals surface area (Å²) in [6, 6.07) is 8.22. The molecule has 0 bridgehead atoms. The molecule has 6 nitrogen and oxygen atoms in total. The van der Waals surface area contributed by atoms with E-state index in [1.165, 1.54) is 11.0 Å². The molecule has 29 heavy (non-hydrogen) atoms. The summed E-state index contributed by atoms with van der Waals surface area (Å²) in [6.45, 7) is 3.89. The monoisotopic (exact) mass is 494 g/mol. The number of hydrogen-bond donors (Lipinski definition) is 2. The van der Waals surface area contributed by atoms with Crippen molar-refractivity contribution in [1.82, 2.24) is 5.32 Å². The molecule has 2 aromatic rings. The number of aromatic hydroxyl groups is 1. The lowest BCUT2D eigenvalue weighted by atomic mass is 10.1. The summed E-state index contributed by atoms with van der Waals surface area (Å²) in [4.78, 5) is 26.9. The van der Waals surface area contributed by atoms with E-state index in [1.54, 1.807) is 44.2 Å². The molecule has 1 saturated heterocycles. The lowest BCUT2D eigenvalue weighted by Crippen LogP contribution is -2.54. The molecule has 150 valence electrons. The average molecular weight is 496 g/mol. The van der Waals surface area contributed by atoms with E-state index in [-0.39, 0.29) is 22.2 Å². The number of phenols is 1. The predicted octanol–water partition coefficient (Wildman–Crippen LogP) is 4.35. The Hall–Kier alpha value is -2.42. The second-order valence-corrected chi connectivity index (χ2v) is 7.77. The minimum atomic E-state index is -0.613. The fourth-order valence-electron chi connectivity index (χ4n) is 2.82. The number of benzene rings is 2. The Morgan fingerprint density at radius 1 is 1.34 bits per heavy atom. The maximum atomic E-state index is 13.2. The van der Waals surface area contributed by atoms with E-state index >= 15 is 0 Å². The number of nitrogens with zero attached hydrogens (tertiary/aromatic N) is 1. The Kier molecular flexibility index (Phi) is 6.26. The first kappa shape index (κ1) is 21.3. The molecule has 2 N–H and O–H groups in total. The Balaban J connectivity index is 2.08. The Bertz CT molecular complexity index is 1070. The first-order valence-electron chi connectivity index (χ1n) is 8.56. The molecule has 2 amide bonds. The minimum absolute atomic E-state index is 0.0237. The van der Waals surface area contributed by atoms with Crippen molar-refractivity contribution < 1.29 is 19.4 Å². The van der Waals surface area contributed by atoms with Crippen LogP contribution in [0.2, 0.25) is 5.02 Å². The fraction of sp³-hybridized carbons (Fsp3) is 0.150. The molecule has 3 rings (SSSR count). The highest BCUT2D eigenvalue weighted by Crippen LogP contribution is 2.36. The maximum Gasteiger partial charge on any atom is 0.270 e. The van der Waals surface area contributed by atoms with Gasteiger partial charge in [-0.15, -0.1) is 0 Å². The van der Waals surface area contributed by atoms with Gasteiger partial charge in [-0.05, 0) is 83.5 Å². The van der Waals surface area contributed by atoms with E-state index in [2.05, 4.69) is 21.2 Å². The largest absolute Gasteiger partial charge is 0.503 e. The van der Waals surface area contributed by atoms with Crippen LogP contribution in [0.15, 0.2) is 40.4 Å². The fourth-order valence-corrected chi connectivity index (χ4v) is 3.73. The first-order valence-corrected chi connectivity index (χ1v) is 10.1. The number of phenolic OH excluding ortho intramolecular Hbond substituents is 1. The Morgan fingerprint density at radius 3 is 2.76 bits per heavy atom. The molecular formula is C20H16BrClN2O4S. The van der Waals surface area contributed by atoms with Crippen molar-refractivity contribution in [3.05, 3.63) is 56.5 Å². The highest BCUT2D eigenvalue weighted by Gasteiger charge is 2.35. The number of halogens is 2. The second-order valence-electron chi connectivity index (χ2n) is 6.12. The van der Waals surface area contributed by atoms with Gasteiger partial charge in [0.2, 0.25) is 0 Å². The molecule has 0 aliphatic carbocycles. The summed E-state index contributed by atoms with van der Waals surface area (Å²) in [5.41, 5.74) is 1.52. The van der Waals surface area contributed by atoms with Crippen LogP contribution in [-0.4, -0.2) is 28.6 Å². The molecule has 1 fully saturated rings. The van der Waals surface area contributed by atoms with Gasteiger partial charge < -0.3 is 9.84 Å². The van der Waals surface area contributed by atoms with Gasteiger partial charge in [-0.1, -0.05) is 17.7 Å². The van der Waals surface area contributed by atoms with E-state index in [4.69, 9.17) is 28.6 Å². The van der Waals surface area contributed by atoms with Crippen LogP contribution in [0.5, 0.6) is 11.5 Å². The summed E-state index contributed by atoms with van der Waals surface area (Å²) in [5, 5.41) is 13.1. The highest BCUT2D eigenvalue weighted by atomic mass is 79.9. The van der Waals surface area contributed by atoms with Gasteiger partial charge in [-0.2, -0.15) is 0 Å². The number of ether oxygens (including phenoxy) is 1.